The molecule has 0 amide bonds. The third kappa shape index (κ3) is 5.15. The number of rotatable bonds is 7. The summed E-state index contributed by atoms with van der Waals surface area (Å²) < 4.78 is 16.3. The Hall–Kier alpha value is -5.26. The summed E-state index contributed by atoms with van der Waals surface area (Å²) in [5.41, 5.74) is 4.56. The first kappa shape index (κ1) is 30.1. The van der Waals surface area contributed by atoms with Gasteiger partial charge in [0.15, 0.2) is 11.6 Å². The van der Waals surface area contributed by atoms with E-state index in [0.717, 1.165) is 35.4 Å². The molecular weight excluding hydrogens is 608 g/mol. The third-order valence-corrected chi connectivity index (χ3v) is 9.57. The highest BCUT2D eigenvalue weighted by molar-refractivity contribution is 6.01. The number of carbonyl (C=O) groups excluding carboxylic acids is 2. The fourth-order valence-corrected chi connectivity index (χ4v) is 7.65. The summed E-state index contributed by atoms with van der Waals surface area (Å²) in [5.74, 6) is 2.69. The number of allylic oxidation sites excluding steroid dienone is 4. The third-order valence-electron chi connectivity index (χ3n) is 9.57. The van der Waals surface area contributed by atoms with Gasteiger partial charge in [-0.1, -0.05) is 64.1 Å². The predicted molar refractivity (Wildman–Crippen MR) is 178 cm³/mol. The van der Waals surface area contributed by atoms with Gasteiger partial charge in [0.1, 0.15) is 49.5 Å². The Morgan fingerprint density at radius 2 is 1.08 bits per heavy atom. The Balaban J connectivity index is 1.05. The average Bonchev–Trinajstić information content (AvgIpc) is 3.70. The molecule has 4 heterocycles. The second-order valence-corrected chi connectivity index (χ2v) is 14.6. The Bertz CT molecular complexity index is 1870. The van der Waals surface area contributed by atoms with Crippen molar-refractivity contribution in [1.29, 1.82) is 0 Å². The van der Waals surface area contributed by atoms with E-state index in [0.29, 0.717) is 47.4 Å². The van der Waals surface area contributed by atoms with Crippen LogP contribution in [0.5, 0.6) is 11.5 Å². The minimum Gasteiger partial charge on any atom is -0.490 e. The largest absolute Gasteiger partial charge is 0.490 e. The Labute approximate surface area is 278 Å². The van der Waals surface area contributed by atoms with Crippen LogP contribution in [0.2, 0.25) is 0 Å². The summed E-state index contributed by atoms with van der Waals surface area (Å²) in [6.45, 7) is 8.93. The molecule has 2 aliphatic carbocycles. The first-order valence-corrected chi connectivity index (χ1v) is 16.4. The van der Waals surface area contributed by atoms with Crippen LogP contribution in [0.4, 0.5) is 11.9 Å². The lowest BCUT2D eigenvalue weighted by atomic mass is 9.73. The van der Waals surface area contributed by atoms with Gasteiger partial charge >= 0.3 is 0 Å². The van der Waals surface area contributed by atoms with Crippen molar-refractivity contribution in [3.05, 3.63) is 94.9 Å². The molecule has 0 saturated heterocycles. The maximum Gasteiger partial charge on any atom is 0.226 e. The van der Waals surface area contributed by atoms with Crippen molar-refractivity contribution >= 4 is 23.5 Å². The molecule has 48 heavy (non-hydrogen) atoms. The van der Waals surface area contributed by atoms with Crippen LogP contribution in [0, 0.1) is 10.8 Å². The molecule has 12 nitrogen and oxygen atoms in total. The number of aromatic nitrogens is 6. The molecule has 0 radical (unpaired) electrons. The molecule has 0 bridgehead atoms. The zero-order valence-corrected chi connectivity index (χ0v) is 27.5. The van der Waals surface area contributed by atoms with Gasteiger partial charge in [-0.25, -0.2) is 9.36 Å². The SMILES string of the molecule is CC1(C)CC(=O)C2=C(C1)Nc1ncnn1C2c1ccccc1OCCOc1ccccc1C1C2=C(CC(C)(C)CC2=O)Nc2ncnn21. The summed E-state index contributed by atoms with van der Waals surface area (Å²) in [4.78, 5) is 36.0. The van der Waals surface area contributed by atoms with Gasteiger partial charge in [0.2, 0.25) is 11.9 Å². The lowest BCUT2D eigenvalue weighted by Gasteiger charge is -2.38. The molecule has 2 N–H and O–H groups in total. The number of ketones is 2. The second-order valence-electron chi connectivity index (χ2n) is 14.6. The van der Waals surface area contributed by atoms with Gasteiger partial charge in [-0.2, -0.15) is 20.2 Å². The number of para-hydroxylation sites is 2. The summed E-state index contributed by atoms with van der Waals surface area (Å²) in [6.07, 6.45) is 5.40. The smallest absolute Gasteiger partial charge is 0.226 e. The minimum atomic E-state index is -0.461. The van der Waals surface area contributed by atoms with E-state index >= 15 is 0 Å². The summed E-state index contributed by atoms with van der Waals surface area (Å²) in [7, 11) is 0. The van der Waals surface area contributed by atoms with Gasteiger partial charge in [-0.05, 0) is 35.8 Å². The van der Waals surface area contributed by atoms with Crippen molar-refractivity contribution in [3.8, 4) is 11.5 Å². The fourth-order valence-electron chi connectivity index (χ4n) is 7.65. The van der Waals surface area contributed by atoms with E-state index in [1.807, 2.05) is 48.5 Å². The van der Waals surface area contributed by atoms with Crippen molar-refractivity contribution < 1.29 is 19.1 Å². The van der Waals surface area contributed by atoms with Gasteiger partial charge in [-0.15, -0.1) is 0 Å². The molecule has 2 unspecified atom stereocenters. The highest BCUT2D eigenvalue weighted by Gasteiger charge is 2.44. The van der Waals surface area contributed by atoms with Gasteiger partial charge in [0, 0.05) is 46.5 Å². The van der Waals surface area contributed by atoms with E-state index in [9.17, 15) is 9.59 Å². The molecule has 4 aliphatic rings. The summed E-state index contributed by atoms with van der Waals surface area (Å²) >= 11 is 0. The van der Waals surface area contributed by atoms with Crippen molar-refractivity contribution in [2.75, 3.05) is 23.8 Å². The van der Waals surface area contributed by atoms with Gasteiger partial charge < -0.3 is 20.1 Å². The quantitative estimate of drug-likeness (QED) is 0.243. The molecule has 246 valence electrons. The average molecular weight is 647 g/mol. The van der Waals surface area contributed by atoms with Crippen molar-refractivity contribution in [2.45, 2.75) is 65.5 Å². The van der Waals surface area contributed by atoms with Crippen LogP contribution in [0.1, 0.15) is 76.6 Å². The zero-order chi connectivity index (χ0) is 33.2. The van der Waals surface area contributed by atoms with E-state index in [1.54, 1.807) is 9.36 Å². The van der Waals surface area contributed by atoms with Crippen LogP contribution in [0.3, 0.4) is 0 Å². The number of carbonyl (C=O) groups is 2. The molecule has 2 aliphatic heterocycles. The number of Topliss-reactive ketones (excluding diaryl/α,β-unsaturated/α-hetero) is 2. The fraction of sp³-hybridized carbons (Fsp3) is 0.389. The number of hydrogen-bond acceptors (Lipinski definition) is 10. The second kappa shape index (κ2) is 11.2. The van der Waals surface area contributed by atoms with Crippen LogP contribution >= 0.6 is 0 Å². The van der Waals surface area contributed by atoms with Gasteiger partial charge in [0.05, 0.1) is 0 Å². The van der Waals surface area contributed by atoms with Crippen molar-refractivity contribution in [3.63, 3.8) is 0 Å². The maximum atomic E-state index is 13.6. The van der Waals surface area contributed by atoms with Crippen LogP contribution in [-0.2, 0) is 9.59 Å². The predicted octanol–water partition coefficient (Wildman–Crippen LogP) is 5.64. The molecule has 2 aromatic heterocycles. The number of nitrogens with zero attached hydrogens (tertiary/aromatic N) is 6. The normalized spacial score (nSPS) is 22.2. The number of fused-ring (bicyclic) bond motifs is 2. The summed E-state index contributed by atoms with van der Waals surface area (Å²) in [6, 6.07) is 14.6. The molecule has 12 heteroatoms. The minimum absolute atomic E-state index is 0.0985. The Kier molecular flexibility index (Phi) is 7.01. The van der Waals surface area contributed by atoms with Crippen LogP contribution < -0.4 is 20.1 Å². The molecule has 2 atom stereocenters. The van der Waals surface area contributed by atoms with E-state index in [-0.39, 0.29) is 35.6 Å². The lowest BCUT2D eigenvalue weighted by Crippen LogP contribution is -2.37. The van der Waals surface area contributed by atoms with Gasteiger partial charge in [0.25, 0.3) is 0 Å². The topological polar surface area (TPSA) is 138 Å². The zero-order valence-electron chi connectivity index (χ0n) is 27.5. The van der Waals surface area contributed by atoms with Crippen LogP contribution in [0.25, 0.3) is 0 Å². The Morgan fingerprint density at radius 1 is 0.667 bits per heavy atom. The highest BCUT2D eigenvalue weighted by Crippen LogP contribution is 2.48. The molecule has 2 aromatic carbocycles. The first-order valence-electron chi connectivity index (χ1n) is 16.4. The molecule has 8 rings (SSSR count). The number of hydrogen-bond donors (Lipinski definition) is 2. The monoisotopic (exact) mass is 646 g/mol. The van der Waals surface area contributed by atoms with Crippen LogP contribution in [-0.4, -0.2) is 54.3 Å². The number of ether oxygens (including phenoxy) is 2. The maximum absolute atomic E-state index is 13.6. The van der Waals surface area contributed by atoms with Crippen molar-refractivity contribution in [1.82, 2.24) is 29.5 Å². The van der Waals surface area contributed by atoms with E-state index in [4.69, 9.17) is 9.47 Å². The number of nitrogens with one attached hydrogen (secondary N) is 2. The first-order chi connectivity index (χ1) is 23.1. The van der Waals surface area contributed by atoms with Crippen molar-refractivity contribution in [2.24, 2.45) is 10.8 Å². The van der Waals surface area contributed by atoms with E-state index < -0.39 is 12.1 Å². The number of benzene rings is 2. The standard InChI is InChI=1S/C36H38N8O4/c1-35(2)15-23-29(25(45)17-35)31(43-33(41-23)37-19-39-43)21-9-5-7-11-27(21)47-13-14-48-28-12-8-6-10-22(28)32-30-24(16-36(3,4)18-26(30)46)42-34-38-20-40-44(32)34/h5-12,19-20,31-32H,13-18H2,1-4H3,(H,37,39,41)(H,38,40,42). The molecule has 4 aromatic rings. The number of anilines is 2. The highest BCUT2D eigenvalue weighted by atomic mass is 16.5. The molecule has 0 fully saturated rings. The van der Waals surface area contributed by atoms with E-state index in [1.165, 1.54) is 12.7 Å². The van der Waals surface area contributed by atoms with Gasteiger partial charge in [-0.3, -0.25) is 9.59 Å². The molecule has 0 saturated carbocycles. The van der Waals surface area contributed by atoms with E-state index in [2.05, 4.69) is 58.5 Å². The molecule has 0 spiro atoms. The summed E-state index contributed by atoms with van der Waals surface area (Å²) in [5, 5.41) is 15.7. The Morgan fingerprint density at radius 3 is 1.52 bits per heavy atom. The lowest BCUT2D eigenvalue weighted by molar-refractivity contribution is -0.119. The van der Waals surface area contributed by atoms with Crippen LogP contribution in [0.15, 0.2) is 83.7 Å². The molecular formula is C36H38N8O4.